The molecule has 1 heterocycles. The Morgan fingerprint density at radius 1 is 1.43 bits per heavy atom. The lowest BCUT2D eigenvalue weighted by atomic mass is 9.97. The molecule has 0 aromatic carbocycles. The SMILES string of the molecule is CCC(C)(CCO)NS(=O)(=O)N1CCC(C(=O)OC)CC1. The number of nitrogens with one attached hydrogen (secondary N) is 1. The minimum Gasteiger partial charge on any atom is -0.469 e. The third kappa shape index (κ3) is 4.91. The minimum atomic E-state index is -3.61. The third-order valence-corrected chi connectivity index (χ3v) is 5.94. The van der Waals surface area contributed by atoms with Crippen LogP contribution in [-0.4, -0.2) is 56.1 Å². The number of rotatable bonds is 7. The number of methoxy groups -OCH3 is 1. The summed E-state index contributed by atoms with van der Waals surface area (Å²) >= 11 is 0. The number of hydrogen-bond acceptors (Lipinski definition) is 5. The van der Waals surface area contributed by atoms with E-state index in [0.29, 0.717) is 38.8 Å². The van der Waals surface area contributed by atoms with Gasteiger partial charge in [0.25, 0.3) is 10.2 Å². The van der Waals surface area contributed by atoms with Crippen molar-refractivity contribution >= 4 is 16.2 Å². The van der Waals surface area contributed by atoms with Crippen molar-refractivity contribution in [3.05, 3.63) is 0 Å². The first-order valence-electron chi connectivity index (χ1n) is 7.25. The Bertz CT molecular complexity index is 445. The Kier molecular flexibility index (Phi) is 6.58. The summed E-state index contributed by atoms with van der Waals surface area (Å²) in [6.45, 7) is 4.18. The van der Waals surface area contributed by atoms with Crippen LogP contribution in [0.15, 0.2) is 0 Å². The molecule has 1 rings (SSSR count). The zero-order chi connectivity index (χ0) is 16.1. The van der Waals surface area contributed by atoms with Crippen LogP contribution in [0.1, 0.15) is 39.5 Å². The summed E-state index contributed by atoms with van der Waals surface area (Å²) < 4.78 is 33.5. The van der Waals surface area contributed by atoms with E-state index in [0.717, 1.165) is 0 Å². The van der Waals surface area contributed by atoms with E-state index in [4.69, 9.17) is 9.84 Å². The number of carbonyl (C=O) groups is 1. The molecule has 1 saturated heterocycles. The van der Waals surface area contributed by atoms with Crippen molar-refractivity contribution in [3.8, 4) is 0 Å². The molecule has 0 amide bonds. The van der Waals surface area contributed by atoms with Crippen molar-refractivity contribution in [2.45, 2.75) is 45.1 Å². The number of esters is 1. The van der Waals surface area contributed by atoms with Gasteiger partial charge in [-0.1, -0.05) is 6.92 Å². The van der Waals surface area contributed by atoms with Crippen LogP contribution in [0.4, 0.5) is 0 Å². The van der Waals surface area contributed by atoms with Crippen molar-refractivity contribution in [2.75, 3.05) is 26.8 Å². The van der Waals surface area contributed by atoms with E-state index in [9.17, 15) is 13.2 Å². The Morgan fingerprint density at radius 3 is 2.43 bits per heavy atom. The van der Waals surface area contributed by atoms with Gasteiger partial charge in [-0.3, -0.25) is 4.79 Å². The molecule has 0 saturated carbocycles. The van der Waals surface area contributed by atoms with Gasteiger partial charge in [0.2, 0.25) is 0 Å². The summed E-state index contributed by atoms with van der Waals surface area (Å²) in [7, 11) is -2.27. The maximum absolute atomic E-state index is 12.4. The van der Waals surface area contributed by atoms with Crippen molar-refractivity contribution in [1.82, 2.24) is 9.03 Å². The summed E-state index contributed by atoms with van der Waals surface area (Å²) in [6.07, 6.45) is 1.89. The van der Waals surface area contributed by atoms with Crippen molar-refractivity contribution < 1.29 is 23.1 Å². The van der Waals surface area contributed by atoms with Gasteiger partial charge in [-0.2, -0.15) is 17.4 Å². The van der Waals surface area contributed by atoms with E-state index in [2.05, 4.69) is 4.72 Å². The van der Waals surface area contributed by atoms with Gasteiger partial charge < -0.3 is 9.84 Å². The van der Waals surface area contributed by atoms with Crippen LogP contribution in [0.5, 0.6) is 0 Å². The van der Waals surface area contributed by atoms with E-state index in [1.807, 2.05) is 6.92 Å². The fourth-order valence-electron chi connectivity index (χ4n) is 2.42. The van der Waals surface area contributed by atoms with Crippen LogP contribution in [-0.2, 0) is 19.7 Å². The summed E-state index contributed by atoms with van der Waals surface area (Å²) in [5, 5.41) is 9.06. The van der Waals surface area contributed by atoms with Gasteiger partial charge in [0.05, 0.1) is 13.0 Å². The standard InChI is InChI=1S/C13H26N2O5S/c1-4-13(2,7-10-16)14-21(18,19)15-8-5-11(6-9-15)12(17)20-3/h11,14,16H,4-10H2,1-3H3. The summed E-state index contributed by atoms with van der Waals surface area (Å²) in [4.78, 5) is 11.4. The lowest BCUT2D eigenvalue weighted by Crippen LogP contribution is -2.54. The molecular weight excluding hydrogens is 296 g/mol. The van der Waals surface area contributed by atoms with Crippen LogP contribution < -0.4 is 4.72 Å². The quantitative estimate of drug-likeness (QED) is 0.655. The van der Waals surface area contributed by atoms with E-state index >= 15 is 0 Å². The first kappa shape index (κ1) is 18.3. The fraction of sp³-hybridized carbons (Fsp3) is 0.923. The highest BCUT2D eigenvalue weighted by molar-refractivity contribution is 7.87. The van der Waals surface area contributed by atoms with Gasteiger partial charge in [0.15, 0.2) is 0 Å². The normalized spacial score (nSPS) is 21.0. The lowest BCUT2D eigenvalue weighted by molar-refractivity contribution is -0.146. The molecule has 1 unspecified atom stereocenters. The van der Waals surface area contributed by atoms with E-state index in [1.165, 1.54) is 11.4 Å². The molecule has 0 radical (unpaired) electrons. The molecule has 21 heavy (non-hydrogen) atoms. The molecule has 2 N–H and O–H groups in total. The van der Waals surface area contributed by atoms with Crippen molar-refractivity contribution in [3.63, 3.8) is 0 Å². The van der Waals surface area contributed by atoms with Crippen LogP contribution >= 0.6 is 0 Å². The molecule has 0 spiro atoms. The summed E-state index contributed by atoms with van der Waals surface area (Å²) in [5.74, 6) is -0.505. The van der Waals surface area contributed by atoms with Gasteiger partial charge >= 0.3 is 5.97 Å². The van der Waals surface area contributed by atoms with E-state index in [-0.39, 0.29) is 18.5 Å². The topological polar surface area (TPSA) is 95.9 Å². The number of aliphatic hydroxyl groups excluding tert-OH is 1. The summed E-state index contributed by atoms with van der Waals surface area (Å²) in [6, 6.07) is 0. The highest BCUT2D eigenvalue weighted by atomic mass is 32.2. The largest absolute Gasteiger partial charge is 0.469 e. The molecule has 0 aromatic heterocycles. The monoisotopic (exact) mass is 322 g/mol. The maximum Gasteiger partial charge on any atom is 0.308 e. The second-order valence-electron chi connectivity index (χ2n) is 5.69. The number of ether oxygens (including phenoxy) is 1. The number of carbonyl (C=O) groups excluding carboxylic acids is 1. The molecule has 1 atom stereocenters. The molecule has 1 aliphatic heterocycles. The Hall–Kier alpha value is -0.700. The number of hydrogen-bond donors (Lipinski definition) is 2. The fourth-order valence-corrected chi connectivity index (χ4v) is 4.11. The molecular formula is C13H26N2O5S. The lowest BCUT2D eigenvalue weighted by Gasteiger charge is -2.35. The highest BCUT2D eigenvalue weighted by Crippen LogP contribution is 2.22. The predicted octanol–water partition coefficient (Wildman–Crippen LogP) is 0.257. The zero-order valence-corrected chi connectivity index (χ0v) is 13.8. The van der Waals surface area contributed by atoms with Crippen LogP contribution in [0.2, 0.25) is 0 Å². The average molecular weight is 322 g/mol. The van der Waals surface area contributed by atoms with E-state index in [1.54, 1.807) is 6.92 Å². The molecule has 1 fully saturated rings. The first-order chi connectivity index (χ1) is 9.78. The molecule has 7 nitrogen and oxygen atoms in total. The average Bonchev–Trinajstić information content (AvgIpc) is 2.46. The predicted molar refractivity (Wildman–Crippen MR) is 78.8 cm³/mol. The summed E-state index contributed by atoms with van der Waals surface area (Å²) in [5.41, 5.74) is -0.660. The van der Waals surface area contributed by atoms with Gasteiger partial charge in [-0.25, -0.2) is 0 Å². The number of nitrogens with zero attached hydrogens (tertiary/aromatic N) is 1. The van der Waals surface area contributed by atoms with Crippen LogP contribution in [0.3, 0.4) is 0 Å². The van der Waals surface area contributed by atoms with E-state index < -0.39 is 15.7 Å². The Labute approximate surface area is 126 Å². The molecule has 1 aliphatic rings. The van der Waals surface area contributed by atoms with Gasteiger partial charge in [0, 0.05) is 25.2 Å². The van der Waals surface area contributed by atoms with Gasteiger partial charge in [0.1, 0.15) is 0 Å². The first-order valence-corrected chi connectivity index (χ1v) is 8.69. The maximum atomic E-state index is 12.4. The number of piperidine rings is 1. The third-order valence-electron chi connectivity index (χ3n) is 4.15. The van der Waals surface area contributed by atoms with Gasteiger partial charge in [-0.15, -0.1) is 0 Å². The van der Waals surface area contributed by atoms with Gasteiger partial charge in [-0.05, 0) is 32.6 Å². The molecule has 8 heteroatoms. The molecule has 0 bridgehead atoms. The second-order valence-corrected chi connectivity index (χ2v) is 7.36. The molecule has 0 aliphatic carbocycles. The Morgan fingerprint density at radius 2 is 2.00 bits per heavy atom. The highest BCUT2D eigenvalue weighted by Gasteiger charge is 2.35. The van der Waals surface area contributed by atoms with Crippen molar-refractivity contribution in [2.24, 2.45) is 5.92 Å². The minimum absolute atomic E-state index is 0.0721. The Balaban J connectivity index is 2.67. The molecule has 0 aromatic rings. The smallest absolute Gasteiger partial charge is 0.308 e. The number of aliphatic hydroxyl groups is 1. The van der Waals surface area contributed by atoms with Crippen molar-refractivity contribution in [1.29, 1.82) is 0 Å². The zero-order valence-electron chi connectivity index (χ0n) is 13.0. The van der Waals surface area contributed by atoms with Crippen LogP contribution in [0.25, 0.3) is 0 Å². The van der Waals surface area contributed by atoms with Crippen LogP contribution in [0, 0.1) is 5.92 Å². The second kappa shape index (κ2) is 7.53. The molecule has 124 valence electrons.